The van der Waals surface area contributed by atoms with Gasteiger partial charge in [0.1, 0.15) is 0 Å². The average Bonchev–Trinajstić information content (AvgIpc) is 2.38. The lowest BCUT2D eigenvalue weighted by molar-refractivity contribution is 1.41. The standard InChI is InChI=1S/C14H16N2S/c1-11-6-8-12(9-7-11)16-17-14-5-3-4-13(10-14)15-2/h3-10,15-16H,1-2H3. The lowest BCUT2D eigenvalue weighted by Crippen LogP contribution is -1.89. The van der Waals surface area contributed by atoms with Crippen molar-refractivity contribution in [3.05, 3.63) is 54.1 Å². The summed E-state index contributed by atoms with van der Waals surface area (Å²) in [6.07, 6.45) is 0. The fraction of sp³-hybridized carbons (Fsp3) is 0.143. The van der Waals surface area contributed by atoms with Crippen LogP contribution in [0.3, 0.4) is 0 Å². The molecular weight excluding hydrogens is 228 g/mol. The highest BCUT2D eigenvalue weighted by molar-refractivity contribution is 8.00. The average molecular weight is 244 g/mol. The largest absolute Gasteiger partial charge is 0.388 e. The van der Waals surface area contributed by atoms with Gasteiger partial charge in [-0.05, 0) is 49.2 Å². The van der Waals surface area contributed by atoms with Gasteiger partial charge in [-0.15, -0.1) is 0 Å². The van der Waals surface area contributed by atoms with E-state index >= 15 is 0 Å². The predicted molar refractivity (Wildman–Crippen MR) is 76.6 cm³/mol. The summed E-state index contributed by atoms with van der Waals surface area (Å²) in [7, 11) is 1.93. The number of nitrogens with one attached hydrogen (secondary N) is 2. The van der Waals surface area contributed by atoms with Gasteiger partial charge in [-0.2, -0.15) is 0 Å². The Balaban J connectivity index is 1.99. The molecule has 0 atom stereocenters. The van der Waals surface area contributed by atoms with Crippen molar-refractivity contribution < 1.29 is 0 Å². The van der Waals surface area contributed by atoms with E-state index < -0.39 is 0 Å². The van der Waals surface area contributed by atoms with Crippen molar-refractivity contribution in [1.29, 1.82) is 0 Å². The Morgan fingerprint density at radius 3 is 2.41 bits per heavy atom. The Morgan fingerprint density at radius 1 is 0.941 bits per heavy atom. The van der Waals surface area contributed by atoms with Crippen LogP contribution in [-0.2, 0) is 0 Å². The van der Waals surface area contributed by atoms with Gasteiger partial charge in [-0.1, -0.05) is 23.8 Å². The van der Waals surface area contributed by atoms with Crippen LogP contribution in [0.15, 0.2) is 53.4 Å². The molecule has 0 aliphatic rings. The predicted octanol–water partition coefficient (Wildman–Crippen LogP) is 4.16. The third-order valence-electron chi connectivity index (χ3n) is 2.46. The van der Waals surface area contributed by atoms with Crippen LogP contribution in [0.25, 0.3) is 0 Å². The molecule has 0 aliphatic carbocycles. The number of benzene rings is 2. The van der Waals surface area contributed by atoms with E-state index in [2.05, 4.69) is 59.4 Å². The lowest BCUT2D eigenvalue weighted by Gasteiger charge is -2.07. The Morgan fingerprint density at radius 2 is 1.71 bits per heavy atom. The maximum atomic E-state index is 3.33. The molecule has 0 aromatic heterocycles. The van der Waals surface area contributed by atoms with Crippen molar-refractivity contribution >= 4 is 23.3 Å². The van der Waals surface area contributed by atoms with Crippen molar-refractivity contribution in [2.75, 3.05) is 17.1 Å². The number of hydrogen-bond acceptors (Lipinski definition) is 3. The second-order valence-corrected chi connectivity index (χ2v) is 4.73. The van der Waals surface area contributed by atoms with Crippen molar-refractivity contribution in [2.24, 2.45) is 0 Å². The van der Waals surface area contributed by atoms with E-state index in [9.17, 15) is 0 Å². The maximum Gasteiger partial charge on any atom is 0.0443 e. The van der Waals surface area contributed by atoms with E-state index in [1.807, 2.05) is 13.1 Å². The molecule has 0 unspecified atom stereocenters. The molecule has 0 fully saturated rings. The zero-order valence-electron chi connectivity index (χ0n) is 10.0. The first kappa shape index (κ1) is 11.9. The van der Waals surface area contributed by atoms with Gasteiger partial charge in [0, 0.05) is 23.3 Å². The molecule has 0 aliphatic heterocycles. The number of hydrogen-bond donors (Lipinski definition) is 2. The minimum Gasteiger partial charge on any atom is -0.388 e. The molecule has 0 saturated carbocycles. The highest BCUT2D eigenvalue weighted by atomic mass is 32.2. The van der Waals surface area contributed by atoms with E-state index in [4.69, 9.17) is 0 Å². The second-order valence-electron chi connectivity index (χ2n) is 3.85. The SMILES string of the molecule is CNc1cccc(SNc2ccc(C)cc2)c1. The fourth-order valence-corrected chi connectivity index (χ4v) is 2.16. The van der Waals surface area contributed by atoms with E-state index in [1.165, 1.54) is 10.5 Å². The normalized spacial score (nSPS) is 10.0. The Kier molecular flexibility index (Phi) is 3.94. The van der Waals surface area contributed by atoms with Gasteiger partial charge in [0.05, 0.1) is 0 Å². The molecule has 0 spiro atoms. The molecule has 0 saturated heterocycles. The van der Waals surface area contributed by atoms with Crippen LogP contribution in [0.2, 0.25) is 0 Å². The molecule has 17 heavy (non-hydrogen) atoms. The van der Waals surface area contributed by atoms with Crippen LogP contribution in [0.4, 0.5) is 11.4 Å². The van der Waals surface area contributed by atoms with Gasteiger partial charge in [-0.3, -0.25) is 0 Å². The number of rotatable bonds is 4. The van der Waals surface area contributed by atoms with Crippen LogP contribution in [-0.4, -0.2) is 7.05 Å². The van der Waals surface area contributed by atoms with Gasteiger partial charge in [0.2, 0.25) is 0 Å². The highest BCUT2D eigenvalue weighted by Crippen LogP contribution is 2.23. The maximum absolute atomic E-state index is 3.33. The number of aryl methyl sites for hydroxylation is 1. The molecular formula is C14H16N2S. The monoisotopic (exact) mass is 244 g/mol. The Labute approximate surface area is 107 Å². The Bertz CT molecular complexity index is 480. The third-order valence-corrected chi connectivity index (χ3v) is 3.29. The summed E-state index contributed by atoms with van der Waals surface area (Å²) in [6.45, 7) is 2.09. The van der Waals surface area contributed by atoms with Crippen LogP contribution in [0.1, 0.15) is 5.56 Å². The first-order valence-corrected chi connectivity index (χ1v) is 6.37. The zero-order valence-corrected chi connectivity index (χ0v) is 10.8. The van der Waals surface area contributed by atoms with Gasteiger partial charge < -0.3 is 10.0 Å². The highest BCUT2D eigenvalue weighted by Gasteiger charge is 1.96. The Hall–Kier alpha value is -1.61. The summed E-state index contributed by atoms with van der Waals surface area (Å²) in [6, 6.07) is 16.7. The molecule has 2 nitrogen and oxygen atoms in total. The molecule has 0 heterocycles. The molecule has 2 N–H and O–H groups in total. The summed E-state index contributed by atoms with van der Waals surface area (Å²) in [5.41, 5.74) is 3.52. The first-order chi connectivity index (χ1) is 8.28. The molecule has 2 aromatic carbocycles. The van der Waals surface area contributed by atoms with E-state index in [-0.39, 0.29) is 0 Å². The summed E-state index contributed by atoms with van der Waals surface area (Å²) < 4.78 is 3.33. The molecule has 3 heteroatoms. The van der Waals surface area contributed by atoms with Crippen LogP contribution >= 0.6 is 11.9 Å². The van der Waals surface area contributed by atoms with Crippen molar-refractivity contribution in [3.8, 4) is 0 Å². The van der Waals surface area contributed by atoms with Crippen molar-refractivity contribution in [1.82, 2.24) is 0 Å². The van der Waals surface area contributed by atoms with Crippen LogP contribution in [0, 0.1) is 6.92 Å². The van der Waals surface area contributed by atoms with Crippen LogP contribution < -0.4 is 10.0 Å². The fourth-order valence-electron chi connectivity index (χ4n) is 1.45. The smallest absolute Gasteiger partial charge is 0.0443 e. The summed E-state index contributed by atoms with van der Waals surface area (Å²) in [5.74, 6) is 0. The molecule has 0 bridgehead atoms. The van der Waals surface area contributed by atoms with Crippen molar-refractivity contribution in [2.45, 2.75) is 11.8 Å². The molecule has 2 rings (SSSR count). The minimum atomic E-state index is 1.12. The zero-order chi connectivity index (χ0) is 12.1. The molecule has 0 amide bonds. The summed E-state index contributed by atoms with van der Waals surface area (Å²) in [5, 5.41) is 3.13. The summed E-state index contributed by atoms with van der Waals surface area (Å²) >= 11 is 1.62. The topological polar surface area (TPSA) is 24.1 Å². The van der Waals surface area contributed by atoms with E-state index in [0.29, 0.717) is 0 Å². The van der Waals surface area contributed by atoms with E-state index in [0.717, 1.165) is 11.4 Å². The third kappa shape index (κ3) is 3.43. The quantitative estimate of drug-likeness (QED) is 0.790. The van der Waals surface area contributed by atoms with Gasteiger partial charge in [0.25, 0.3) is 0 Å². The second kappa shape index (κ2) is 5.64. The van der Waals surface area contributed by atoms with Gasteiger partial charge in [-0.25, -0.2) is 0 Å². The molecule has 88 valence electrons. The first-order valence-electron chi connectivity index (χ1n) is 5.55. The lowest BCUT2D eigenvalue weighted by atomic mass is 10.2. The molecule has 0 radical (unpaired) electrons. The van der Waals surface area contributed by atoms with Gasteiger partial charge in [0.15, 0.2) is 0 Å². The van der Waals surface area contributed by atoms with Gasteiger partial charge >= 0.3 is 0 Å². The number of anilines is 2. The summed E-state index contributed by atoms with van der Waals surface area (Å²) in [4.78, 5) is 1.19. The van der Waals surface area contributed by atoms with Crippen molar-refractivity contribution in [3.63, 3.8) is 0 Å². The van der Waals surface area contributed by atoms with Crippen LogP contribution in [0.5, 0.6) is 0 Å². The van der Waals surface area contributed by atoms with E-state index in [1.54, 1.807) is 11.9 Å². The molecule has 2 aromatic rings. The minimum absolute atomic E-state index is 1.12.